The van der Waals surface area contributed by atoms with E-state index in [0.29, 0.717) is 25.4 Å². The van der Waals surface area contributed by atoms with Gasteiger partial charge in [-0.3, -0.25) is 19.4 Å². The molecule has 1 spiro atoms. The number of likely N-dealkylation sites (N-methyl/N-ethyl adjacent to an activating group) is 1. The van der Waals surface area contributed by atoms with E-state index in [2.05, 4.69) is 37.6 Å². The molecule has 0 radical (unpaired) electrons. The van der Waals surface area contributed by atoms with Gasteiger partial charge in [-0.05, 0) is 19.9 Å². The Morgan fingerprint density at radius 3 is 3.04 bits per heavy atom. The van der Waals surface area contributed by atoms with Crippen molar-refractivity contribution < 1.29 is 14.1 Å². The Morgan fingerprint density at radius 1 is 1.42 bits per heavy atom. The maximum Gasteiger partial charge on any atom is 0.292 e. The molecule has 9 heteroatoms. The monoisotopic (exact) mass is 336 g/mol. The molecule has 9 nitrogen and oxygen atoms in total. The Hall–Kier alpha value is -2.00. The zero-order chi connectivity index (χ0) is 17.2. The third kappa shape index (κ3) is 3.41. The fourth-order valence-electron chi connectivity index (χ4n) is 3.53. The van der Waals surface area contributed by atoms with E-state index in [1.807, 2.05) is 0 Å². The maximum absolute atomic E-state index is 11.7. The Bertz CT molecular complexity index is 618. The topological polar surface area (TPSA) is 104 Å². The summed E-state index contributed by atoms with van der Waals surface area (Å²) in [6.07, 6.45) is 2.33. The summed E-state index contributed by atoms with van der Waals surface area (Å²) >= 11 is 0. The highest BCUT2D eigenvalue weighted by Gasteiger charge is 2.41. The van der Waals surface area contributed by atoms with Crippen LogP contribution in [0.5, 0.6) is 0 Å². The lowest BCUT2D eigenvalue weighted by Gasteiger charge is -2.49. The molecule has 0 aromatic carbocycles. The van der Waals surface area contributed by atoms with Crippen molar-refractivity contribution in [1.82, 2.24) is 30.6 Å². The molecule has 0 unspecified atom stereocenters. The summed E-state index contributed by atoms with van der Waals surface area (Å²) < 4.78 is 5.19. The highest BCUT2D eigenvalue weighted by atomic mass is 16.5. The SMILES string of the molecule is CNC(=O)c1noc(CN2CCN(C)[C@]3(CCNC(=O)CC3)C2)n1. The number of nitrogens with zero attached hydrogens (tertiary/aromatic N) is 4. The van der Waals surface area contributed by atoms with Crippen LogP contribution in [0.4, 0.5) is 0 Å². The van der Waals surface area contributed by atoms with Gasteiger partial charge >= 0.3 is 0 Å². The smallest absolute Gasteiger partial charge is 0.292 e. The van der Waals surface area contributed by atoms with E-state index in [9.17, 15) is 9.59 Å². The van der Waals surface area contributed by atoms with Crippen molar-refractivity contribution in [2.75, 3.05) is 40.3 Å². The molecule has 1 atom stereocenters. The standard InChI is InChI=1S/C15H24N6O3/c1-16-14(23)13-18-12(24-19-13)9-21-8-7-20(2)15(10-21)4-3-11(22)17-6-5-15/h3-10H2,1-2H3,(H,16,23)(H,17,22)/t15-/m1/s1. The number of piperazine rings is 1. The second kappa shape index (κ2) is 6.86. The van der Waals surface area contributed by atoms with Crippen molar-refractivity contribution >= 4 is 11.8 Å². The molecule has 24 heavy (non-hydrogen) atoms. The van der Waals surface area contributed by atoms with Crippen LogP contribution in [-0.4, -0.2) is 77.6 Å². The number of aromatic nitrogens is 2. The molecule has 2 aliphatic rings. The summed E-state index contributed by atoms with van der Waals surface area (Å²) in [6.45, 7) is 3.87. The second-order valence-corrected chi connectivity index (χ2v) is 6.55. The molecule has 132 valence electrons. The minimum absolute atomic E-state index is 0.0128. The van der Waals surface area contributed by atoms with Crippen LogP contribution in [0.1, 0.15) is 35.8 Å². The van der Waals surface area contributed by atoms with E-state index in [-0.39, 0.29) is 23.2 Å². The highest BCUT2D eigenvalue weighted by Crippen LogP contribution is 2.30. The Labute approximate surface area is 140 Å². The first-order valence-corrected chi connectivity index (χ1v) is 8.27. The van der Waals surface area contributed by atoms with E-state index in [1.165, 1.54) is 7.05 Å². The quantitative estimate of drug-likeness (QED) is 0.746. The van der Waals surface area contributed by atoms with Crippen LogP contribution in [0.3, 0.4) is 0 Å². The van der Waals surface area contributed by atoms with Crippen molar-refractivity contribution in [2.24, 2.45) is 0 Å². The Morgan fingerprint density at radius 2 is 2.25 bits per heavy atom. The van der Waals surface area contributed by atoms with E-state index >= 15 is 0 Å². The van der Waals surface area contributed by atoms with Crippen LogP contribution < -0.4 is 10.6 Å². The molecule has 3 rings (SSSR count). The lowest BCUT2D eigenvalue weighted by atomic mass is 9.86. The van der Waals surface area contributed by atoms with Crippen LogP contribution in [-0.2, 0) is 11.3 Å². The number of hydrogen-bond acceptors (Lipinski definition) is 7. The fraction of sp³-hybridized carbons (Fsp3) is 0.733. The Balaban J connectivity index is 1.68. The molecule has 0 bridgehead atoms. The first-order chi connectivity index (χ1) is 11.5. The van der Waals surface area contributed by atoms with Crippen LogP contribution in [0.2, 0.25) is 0 Å². The largest absolute Gasteiger partial charge is 0.356 e. The molecule has 0 saturated carbocycles. The van der Waals surface area contributed by atoms with Gasteiger partial charge < -0.3 is 15.2 Å². The Kier molecular flexibility index (Phi) is 4.81. The lowest BCUT2D eigenvalue weighted by Crippen LogP contribution is -2.60. The molecule has 0 aliphatic carbocycles. The first kappa shape index (κ1) is 16.8. The lowest BCUT2D eigenvalue weighted by molar-refractivity contribution is -0.121. The normalized spacial score (nSPS) is 26.2. The van der Waals surface area contributed by atoms with Gasteiger partial charge in [0.15, 0.2) is 0 Å². The minimum Gasteiger partial charge on any atom is -0.356 e. The molecular formula is C15H24N6O3. The van der Waals surface area contributed by atoms with Gasteiger partial charge in [-0.2, -0.15) is 4.98 Å². The van der Waals surface area contributed by atoms with Crippen LogP contribution in [0.15, 0.2) is 4.52 Å². The van der Waals surface area contributed by atoms with Crippen LogP contribution in [0.25, 0.3) is 0 Å². The van der Waals surface area contributed by atoms with Gasteiger partial charge in [0.25, 0.3) is 11.7 Å². The molecule has 2 saturated heterocycles. The van der Waals surface area contributed by atoms with E-state index < -0.39 is 0 Å². The predicted octanol–water partition coefficient (Wildman–Crippen LogP) is -0.784. The minimum atomic E-state index is -0.354. The summed E-state index contributed by atoms with van der Waals surface area (Å²) in [5, 5.41) is 9.14. The molecule has 2 aliphatic heterocycles. The van der Waals surface area contributed by atoms with Crippen molar-refractivity contribution in [3.8, 4) is 0 Å². The van der Waals surface area contributed by atoms with Gasteiger partial charge in [-0.15, -0.1) is 0 Å². The fourth-order valence-corrected chi connectivity index (χ4v) is 3.53. The van der Waals surface area contributed by atoms with E-state index in [0.717, 1.165) is 32.5 Å². The third-order valence-electron chi connectivity index (χ3n) is 5.07. The first-order valence-electron chi connectivity index (χ1n) is 8.27. The number of nitrogens with one attached hydrogen (secondary N) is 2. The van der Waals surface area contributed by atoms with Crippen molar-refractivity contribution in [3.63, 3.8) is 0 Å². The molecule has 2 N–H and O–H groups in total. The number of carbonyl (C=O) groups excluding carboxylic acids is 2. The van der Waals surface area contributed by atoms with Crippen molar-refractivity contribution in [3.05, 3.63) is 11.7 Å². The number of hydrogen-bond donors (Lipinski definition) is 2. The summed E-state index contributed by atoms with van der Waals surface area (Å²) in [6, 6.07) is 0. The predicted molar refractivity (Wildman–Crippen MR) is 85.2 cm³/mol. The van der Waals surface area contributed by atoms with Gasteiger partial charge in [0, 0.05) is 45.2 Å². The number of amides is 2. The molecule has 1 aromatic heterocycles. The zero-order valence-electron chi connectivity index (χ0n) is 14.2. The molecule has 3 heterocycles. The summed E-state index contributed by atoms with van der Waals surface area (Å²) in [4.78, 5) is 32.0. The van der Waals surface area contributed by atoms with E-state index in [4.69, 9.17) is 4.52 Å². The van der Waals surface area contributed by atoms with Crippen molar-refractivity contribution in [2.45, 2.75) is 31.3 Å². The molecular weight excluding hydrogens is 312 g/mol. The van der Waals surface area contributed by atoms with Crippen LogP contribution >= 0.6 is 0 Å². The third-order valence-corrected chi connectivity index (χ3v) is 5.07. The number of carbonyl (C=O) groups is 2. The van der Waals surface area contributed by atoms with Gasteiger partial charge in [-0.1, -0.05) is 5.16 Å². The van der Waals surface area contributed by atoms with Crippen molar-refractivity contribution in [1.29, 1.82) is 0 Å². The average molecular weight is 336 g/mol. The van der Waals surface area contributed by atoms with Gasteiger partial charge in [-0.25, -0.2) is 0 Å². The average Bonchev–Trinajstić information content (AvgIpc) is 2.96. The van der Waals surface area contributed by atoms with Gasteiger partial charge in [0.2, 0.25) is 11.8 Å². The number of rotatable bonds is 3. The second-order valence-electron chi connectivity index (χ2n) is 6.55. The molecule has 2 amide bonds. The summed E-state index contributed by atoms with van der Waals surface area (Å²) in [5.74, 6) is 0.273. The molecule has 1 aromatic rings. The van der Waals surface area contributed by atoms with Crippen LogP contribution in [0, 0.1) is 0 Å². The van der Waals surface area contributed by atoms with Gasteiger partial charge in [0.1, 0.15) is 0 Å². The zero-order valence-corrected chi connectivity index (χ0v) is 14.2. The highest BCUT2D eigenvalue weighted by molar-refractivity contribution is 5.89. The molecule has 2 fully saturated rings. The van der Waals surface area contributed by atoms with Gasteiger partial charge in [0.05, 0.1) is 6.54 Å². The van der Waals surface area contributed by atoms with E-state index in [1.54, 1.807) is 0 Å². The maximum atomic E-state index is 11.7. The summed E-state index contributed by atoms with van der Waals surface area (Å²) in [5.41, 5.74) is -0.0128. The summed E-state index contributed by atoms with van der Waals surface area (Å²) in [7, 11) is 3.66.